The van der Waals surface area contributed by atoms with E-state index in [1.165, 1.54) is 23.9 Å². The lowest BCUT2D eigenvalue weighted by atomic mass is 9.86. The highest BCUT2D eigenvalue weighted by Gasteiger charge is 2.31. The molecule has 24 heavy (non-hydrogen) atoms. The van der Waals surface area contributed by atoms with Gasteiger partial charge in [-0.25, -0.2) is 4.98 Å². The Kier molecular flexibility index (Phi) is 4.30. The average Bonchev–Trinajstić information content (AvgIpc) is 2.54. The Bertz CT molecular complexity index is 878. The van der Waals surface area contributed by atoms with Crippen molar-refractivity contribution in [2.75, 3.05) is 11.1 Å². The molecule has 1 aromatic heterocycles. The van der Waals surface area contributed by atoms with Crippen molar-refractivity contribution in [1.82, 2.24) is 9.97 Å². The number of anilines is 1. The van der Waals surface area contributed by atoms with Crippen molar-refractivity contribution in [2.24, 2.45) is 0 Å². The summed E-state index contributed by atoms with van der Waals surface area (Å²) in [5, 5.41) is 22.2. The lowest BCUT2D eigenvalue weighted by Crippen LogP contribution is -2.31. The molecular weight excluding hydrogens is 330 g/mol. The number of hydrogen-bond acceptors (Lipinski definition) is 6. The molecule has 0 saturated carbocycles. The summed E-state index contributed by atoms with van der Waals surface area (Å²) in [6.07, 6.45) is 1.74. The van der Waals surface area contributed by atoms with Crippen LogP contribution in [-0.4, -0.2) is 31.8 Å². The van der Waals surface area contributed by atoms with Crippen molar-refractivity contribution in [3.8, 4) is 11.5 Å². The monoisotopic (exact) mass is 345 g/mol. The van der Waals surface area contributed by atoms with Gasteiger partial charge in [-0.15, -0.1) is 6.58 Å². The normalized spacial score (nSPS) is 16.3. The number of thioether (sulfide) groups is 1. The molecule has 0 bridgehead atoms. The van der Waals surface area contributed by atoms with E-state index in [1.807, 2.05) is 0 Å². The van der Waals surface area contributed by atoms with Crippen LogP contribution in [-0.2, 0) is 4.79 Å². The summed E-state index contributed by atoms with van der Waals surface area (Å²) in [5.74, 6) is -0.581. The number of aromatic hydroxyl groups is 2. The summed E-state index contributed by atoms with van der Waals surface area (Å²) in [4.78, 5) is 31.5. The molecule has 1 aliphatic rings. The number of nitrogens with one attached hydrogen (secondary N) is 2. The number of hydrogen-bond donors (Lipinski definition) is 4. The topological polar surface area (TPSA) is 115 Å². The summed E-state index contributed by atoms with van der Waals surface area (Å²) in [7, 11) is 0. The zero-order valence-electron chi connectivity index (χ0n) is 12.6. The second-order valence-electron chi connectivity index (χ2n) is 5.29. The minimum atomic E-state index is -0.546. The lowest BCUT2D eigenvalue weighted by molar-refractivity contribution is -0.116. The number of rotatable bonds is 4. The largest absolute Gasteiger partial charge is 0.504 e. The fourth-order valence-electron chi connectivity index (χ4n) is 2.60. The zero-order valence-corrected chi connectivity index (χ0v) is 13.4. The lowest BCUT2D eigenvalue weighted by Gasteiger charge is -2.24. The Morgan fingerprint density at radius 2 is 2.12 bits per heavy atom. The second-order valence-corrected chi connectivity index (χ2v) is 6.29. The molecule has 2 aromatic rings. The van der Waals surface area contributed by atoms with Gasteiger partial charge in [-0.2, -0.15) is 0 Å². The summed E-state index contributed by atoms with van der Waals surface area (Å²) >= 11 is 1.30. The second kappa shape index (κ2) is 6.40. The van der Waals surface area contributed by atoms with Gasteiger partial charge in [0.1, 0.15) is 5.82 Å². The number of aromatic nitrogens is 2. The molecule has 124 valence electrons. The maximum atomic E-state index is 12.5. The molecule has 0 unspecified atom stereocenters. The molecule has 0 spiro atoms. The highest BCUT2D eigenvalue weighted by molar-refractivity contribution is 7.99. The number of H-pyrrole nitrogens is 1. The van der Waals surface area contributed by atoms with Gasteiger partial charge in [-0.05, 0) is 17.7 Å². The van der Waals surface area contributed by atoms with Crippen LogP contribution < -0.4 is 10.9 Å². The molecule has 0 fully saturated rings. The van der Waals surface area contributed by atoms with Gasteiger partial charge < -0.3 is 20.5 Å². The first kappa shape index (κ1) is 16.1. The smallest absolute Gasteiger partial charge is 0.257 e. The van der Waals surface area contributed by atoms with Crippen LogP contribution in [0.3, 0.4) is 0 Å². The predicted octanol–water partition coefficient (Wildman–Crippen LogP) is 1.93. The molecule has 7 nitrogen and oxygen atoms in total. The van der Waals surface area contributed by atoms with E-state index >= 15 is 0 Å². The van der Waals surface area contributed by atoms with Crippen molar-refractivity contribution in [3.63, 3.8) is 0 Å². The number of nitrogens with zero attached hydrogens (tertiary/aromatic N) is 1. The molecule has 0 radical (unpaired) electrons. The van der Waals surface area contributed by atoms with Gasteiger partial charge in [0, 0.05) is 18.1 Å². The quantitative estimate of drug-likeness (QED) is 0.291. The summed E-state index contributed by atoms with van der Waals surface area (Å²) < 4.78 is 0. The van der Waals surface area contributed by atoms with Crippen LogP contribution in [0.4, 0.5) is 5.82 Å². The molecule has 1 aliphatic heterocycles. The highest BCUT2D eigenvalue weighted by Crippen LogP contribution is 2.37. The third kappa shape index (κ3) is 3.00. The van der Waals surface area contributed by atoms with Crippen molar-refractivity contribution in [1.29, 1.82) is 0 Å². The molecule has 2 heterocycles. The number of fused-ring (bicyclic) bond motifs is 1. The van der Waals surface area contributed by atoms with E-state index in [1.54, 1.807) is 12.1 Å². The van der Waals surface area contributed by atoms with Gasteiger partial charge in [-0.1, -0.05) is 23.9 Å². The Morgan fingerprint density at radius 1 is 1.33 bits per heavy atom. The van der Waals surface area contributed by atoms with Crippen molar-refractivity contribution < 1.29 is 15.0 Å². The van der Waals surface area contributed by atoms with Gasteiger partial charge in [0.05, 0.1) is 5.56 Å². The predicted molar refractivity (Wildman–Crippen MR) is 90.6 cm³/mol. The Morgan fingerprint density at radius 3 is 2.83 bits per heavy atom. The first-order valence-electron chi connectivity index (χ1n) is 7.19. The average molecular weight is 345 g/mol. The van der Waals surface area contributed by atoms with Gasteiger partial charge in [0.2, 0.25) is 5.91 Å². The van der Waals surface area contributed by atoms with E-state index < -0.39 is 5.92 Å². The van der Waals surface area contributed by atoms with Crippen LogP contribution in [0.5, 0.6) is 11.5 Å². The third-order valence-corrected chi connectivity index (χ3v) is 4.54. The van der Waals surface area contributed by atoms with Crippen LogP contribution in [0.1, 0.15) is 23.5 Å². The van der Waals surface area contributed by atoms with E-state index in [2.05, 4.69) is 21.9 Å². The molecule has 8 heteroatoms. The fourth-order valence-corrected chi connectivity index (χ4v) is 3.20. The minimum Gasteiger partial charge on any atom is -0.504 e. The van der Waals surface area contributed by atoms with E-state index in [9.17, 15) is 19.8 Å². The van der Waals surface area contributed by atoms with E-state index in [0.29, 0.717) is 22.0 Å². The van der Waals surface area contributed by atoms with Gasteiger partial charge in [0.25, 0.3) is 5.56 Å². The SMILES string of the molecule is C=CCSc1nc2c(c(=O)[nH]1)[C@H](c1ccc(O)c(O)c1)CC(=O)N2. The summed E-state index contributed by atoms with van der Waals surface area (Å²) in [6, 6.07) is 4.25. The van der Waals surface area contributed by atoms with E-state index in [4.69, 9.17) is 0 Å². The van der Waals surface area contributed by atoms with Gasteiger partial charge in [-0.3, -0.25) is 9.59 Å². The van der Waals surface area contributed by atoms with Crippen LogP contribution in [0.15, 0.2) is 40.8 Å². The number of carbonyl (C=O) groups excluding carboxylic acids is 1. The number of aromatic amines is 1. The number of benzene rings is 1. The molecule has 1 amide bonds. The van der Waals surface area contributed by atoms with Crippen molar-refractivity contribution in [3.05, 3.63) is 52.3 Å². The van der Waals surface area contributed by atoms with E-state index in [-0.39, 0.29) is 35.2 Å². The maximum absolute atomic E-state index is 12.5. The van der Waals surface area contributed by atoms with Crippen LogP contribution in [0.25, 0.3) is 0 Å². The summed E-state index contributed by atoms with van der Waals surface area (Å²) in [6.45, 7) is 3.61. The Labute approximate surface area is 141 Å². The van der Waals surface area contributed by atoms with Crippen LogP contribution in [0, 0.1) is 0 Å². The molecule has 1 atom stereocenters. The Balaban J connectivity index is 2.09. The number of phenolic OH excluding ortho intramolecular Hbond substituents is 2. The van der Waals surface area contributed by atoms with E-state index in [0.717, 1.165) is 0 Å². The van der Waals surface area contributed by atoms with Crippen LogP contribution in [0.2, 0.25) is 0 Å². The van der Waals surface area contributed by atoms with Crippen molar-refractivity contribution in [2.45, 2.75) is 17.5 Å². The summed E-state index contributed by atoms with van der Waals surface area (Å²) in [5.41, 5.74) is 0.548. The van der Waals surface area contributed by atoms with Crippen LogP contribution >= 0.6 is 11.8 Å². The molecule has 0 saturated heterocycles. The standard InChI is InChI=1S/C16H15N3O4S/c1-2-5-24-16-18-14-13(15(23)19-16)9(7-12(22)17-14)8-3-4-10(20)11(21)6-8/h2-4,6,9,20-21H,1,5,7H2,(H2,17,18,19,22,23)/t9-/m0/s1. The fraction of sp³-hybridized carbons (Fsp3) is 0.188. The first-order valence-corrected chi connectivity index (χ1v) is 8.17. The molecular formula is C16H15N3O4S. The van der Waals surface area contributed by atoms with Gasteiger partial charge in [0.15, 0.2) is 16.7 Å². The maximum Gasteiger partial charge on any atom is 0.257 e. The molecule has 3 rings (SSSR count). The Hall–Kier alpha value is -2.74. The first-order chi connectivity index (χ1) is 11.5. The minimum absolute atomic E-state index is 0.0567. The molecule has 0 aliphatic carbocycles. The molecule has 1 aromatic carbocycles. The number of carbonyl (C=O) groups is 1. The highest BCUT2D eigenvalue weighted by atomic mass is 32.2. The molecule has 4 N–H and O–H groups in total. The number of phenols is 2. The third-order valence-electron chi connectivity index (χ3n) is 3.67. The number of amides is 1. The van der Waals surface area contributed by atoms with Crippen molar-refractivity contribution >= 4 is 23.5 Å². The van der Waals surface area contributed by atoms with Gasteiger partial charge >= 0.3 is 0 Å². The zero-order chi connectivity index (χ0) is 17.3.